The summed E-state index contributed by atoms with van der Waals surface area (Å²) in [6.45, 7) is 5.95. The van der Waals surface area contributed by atoms with Crippen molar-refractivity contribution in [3.63, 3.8) is 0 Å². The molecule has 1 atom stereocenters. The van der Waals surface area contributed by atoms with Crippen molar-refractivity contribution in [3.8, 4) is 0 Å². The Labute approximate surface area is 92.9 Å². The molecule has 1 N–H and O–H groups in total. The standard InChI is InChI=1S/C14H21N/c1-14(2,13-9-6-10-15-13)11-12-7-4-3-5-8-12/h3-5,7-8,13,15H,6,9-11H2,1-2H3. The Morgan fingerprint density at radius 2 is 2.00 bits per heavy atom. The van der Waals surface area contributed by atoms with Gasteiger partial charge in [-0.1, -0.05) is 44.2 Å². The van der Waals surface area contributed by atoms with Crippen molar-refractivity contribution < 1.29 is 0 Å². The normalized spacial score (nSPS) is 21.9. The van der Waals surface area contributed by atoms with E-state index in [9.17, 15) is 0 Å². The fourth-order valence-corrected chi connectivity index (χ4v) is 2.60. The smallest absolute Gasteiger partial charge is 0.0122 e. The predicted molar refractivity (Wildman–Crippen MR) is 65.0 cm³/mol. The molecule has 0 bridgehead atoms. The third kappa shape index (κ3) is 2.60. The first kappa shape index (κ1) is 10.7. The molecule has 1 unspecified atom stereocenters. The molecule has 1 aliphatic rings. The van der Waals surface area contributed by atoms with Crippen molar-refractivity contribution in [2.24, 2.45) is 5.41 Å². The highest BCUT2D eigenvalue weighted by Gasteiger charge is 2.31. The van der Waals surface area contributed by atoms with Crippen LogP contribution in [0.4, 0.5) is 0 Å². The summed E-state index contributed by atoms with van der Waals surface area (Å²) in [5.74, 6) is 0. The Bertz CT molecular complexity index is 296. The second kappa shape index (κ2) is 4.36. The summed E-state index contributed by atoms with van der Waals surface area (Å²) < 4.78 is 0. The van der Waals surface area contributed by atoms with Crippen LogP contribution in [0, 0.1) is 5.41 Å². The Hall–Kier alpha value is -0.820. The molecule has 2 rings (SSSR count). The molecule has 82 valence electrons. The minimum atomic E-state index is 0.373. The zero-order valence-electron chi connectivity index (χ0n) is 9.79. The van der Waals surface area contributed by atoms with Gasteiger partial charge in [0.25, 0.3) is 0 Å². The van der Waals surface area contributed by atoms with Gasteiger partial charge in [0, 0.05) is 6.04 Å². The summed E-state index contributed by atoms with van der Waals surface area (Å²) in [6, 6.07) is 11.5. The van der Waals surface area contributed by atoms with E-state index in [1.54, 1.807) is 0 Å². The van der Waals surface area contributed by atoms with Crippen LogP contribution in [-0.4, -0.2) is 12.6 Å². The summed E-state index contributed by atoms with van der Waals surface area (Å²) in [4.78, 5) is 0. The van der Waals surface area contributed by atoms with Crippen molar-refractivity contribution in [1.82, 2.24) is 5.32 Å². The summed E-state index contributed by atoms with van der Waals surface area (Å²) >= 11 is 0. The average molecular weight is 203 g/mol. The highest BCUT2D eigenvalue weighted by atomic mass is 15.0. The predicted octanol–water partition coefficient (Wildman–Crippen LogP) is 3.01. The zero-order chi connectivity index (χ0) is 10.7. The van der Waals surface area contributed by atoms with Gasteiger partial charge in [-0.3, -0.25) is 0 Å². The van der Waals surface area contributed by atoms with Gasteiger partial charge in [-0.2, -0.15) is 0 Å². The van der Waals surface area contributed by atoms with Crippen LogP contribution in [0.3, 0.4) is 0 Å². The summed E-state index contributed by atoms with van der Waals surface area (Å²) in [5.41, 5.74) is 1.83. The van der Waals surface area contributed by atoms with Gasteiger partial charge in [0.2, 0.25) is 0 Å². The van der Waals surface area contributed by atoms with E-state index in [0.29, 0.717) is 11.5 Å². The number of nitrogens with one attached hydrogen (secondary N) is 1. The van der Waals surface area contributed by atoms with Crippen molar-refractivity contribution >= 4 is 0 Å². The molecule has 1 fully saturated rings. The summed E-state index contributed by atoms with van der Waals surface area (Å²) in [6.07, 6.45) is 3.84. The van der Waals surface area contributed by atoms with Crippen LogP contribution in [0.1, 0.15) is 32.3 Å². The lowest BCUT2D eigenvalue weighted by molar-refractivity contribution is 0.261. The Morgan fingerprint density at radius 1 is 1.27 bits per heavy atom. The van der Waals surface area contributed by atoms with Crippen LogP contribution in [-0.2, 0) is 6.42 Å². The first-order valence-electron chi connectivity index (χ1n) is 5.96. The van der Waals surface area contributed by atoms with Crippen LogP contribution < -0.4 is 5.32 Å². The Kier molecular flexibility index (Phi) is 3.11. The SMILES string of the molecule is CC(C)(Cc1ccccc1)C1CCCN1. The van der Waals surface area contributed by atoms with E-state index < -0.39 is 0 Å². The molecular formula is C14H21N. The molecule has 1 aliphatic heterocycles. The molecule has 1 saturated heterocycles. The topological polar surface area (TPSA) is 12.0 Å². The maximum Gasteiger partial charge on any atom is 0.0122 e. The molecule has 1 aromatic rings. The molecule has 1 heterocycles. The van der Waals surface area contributed by atoms with Gasteiger partial charge < -0.3 is 5.32 Å². The van der Waals surface area contributed by atoms with Crippen molar-refractivity contribution in [3.05, 3.63) is 35.9 Å². The highest BCUT2D eigenvalue weighted by molar-refractivity contribution is 5.17. The van der Waals surface area contributed by atoms with E-state index in [2.05, 4.69) is 49.5 Å². The number of rotatable bonds is 3. The van der Waals surface area contributed by atoms with Crippen LogP contribution in [0.15, 0.2) is 30.3 Å². The highest BCUT2D eigenvalue weighted by Crippen LogP contribution is 2.30. The number of hydrogen-bond acceptors (Lipinski definition) is 1. The largest absolute Gasteiger partial charge is 0.313 e. The fourth-order valence-electron chi connectivity index (χ4n) is 2.60. The van der Waals surface area contributed by atoms with Crippen LogP contribution in [0.2, 0.25) is 0 Å². The van der Waals surface area contributed by atoms with E-state index in [1.165, 1.54) is 31.4 Å². The quantitative estimate of drug-likeness (QED) is 0.796. The van der Waals surface area contributed by atoms with Gasteiger partial charge in [-0.25, -0.2) is 0 Å². The van der Waals surface area contributed by atoms with Gasteiger partial charge in [0.05, 0.1) is 0 Å². The fraction of sp³-hybridized carbons (Fsp3) is 0.571. The first-order valence-corrected chi connectivity index (χ1v) is 5.96. The van der Waals surface area contributed by atoms with Crippen LogP contribution in [0.5, 0.6) is 0 Å². The Balaban J connectivity index is 2.03. The maximum absolute atomic E-state index is 3.62. The lowest BCUT2D eigenvalue weighted by Gasteiger charge is -2.32. The molecule has 0 aromatic heterocycles. The van der Waals surface area contributed by atoms with Gasteiger partial charge in [0.15, 0.2) is 0 Å². The molecule has 0 radical (unpaired) electrons. The lowest BCUT2D eigenvalue weighted by atomic mass is 9.78. The van der Waals surface area contributed by atoms with Gasteiger partial charge in [-0.15, -0.1) is 0 Å². The van der Waals surface area contributed by atoms with Crippen molar-refractivity contribution in [1.29, 1.82) is 0 Å². The van der Waals surface area contributed by atoms with Crippen molar-refractivity contribution in [2.75, 3.05) is 6.54 Å². The number of hydrogen-bond donors (Lipinski definition) is 1. The molecule has 0 aliphatic carbocycles. The minimum absolute atomic E-state index is 0.373. The van der Waals surface area contributed by atoms with E-state index in [4.69, 9.17) is 0 Å². The van der Waals surface area contributed by atoms with Gasteiger partial charge in [0.1, 0.15) is 0 Å². The van der Waals surface area contributed by atoms with Crippen LogP contribution in [0.25, 0.3) is 0 Å². The number of benzene rings is 1. The summed E-state index contributed by atoms with van der Waals surface area (Å²) in [7, 11) is 0. The van der Waals surface area contributed by atoms with Crippen LogP contribution >= 0.6 is 0 Å². The molecule has 1 heteroatoms. The van der Waals surface area contributed by atoms with E-state index in [1.807, 2.05) is 0 Å². The van der Waals surface area contributed by atoms with E-state index in [-0.39, 0.29) is 0 Å². The van der Waals surface area contributed by atoms with E-state index in [0.717, 1.165) is 0 Å². The van der Waals surface area contributed by atoms with E-state index >= 15 is 0 Å². The first-order chi connectivity index (χ1) is 7.18. The van der Waals surface area contributed by atoms with Gasteiger partial charge in [-0.05, 0) is 36.8 Å². The maximum atomic E-state index is 3.62. The summed E-state index contributed by atoms with van der Waals surface area (Å²) in [5, 5.41) is 3.62. The molecule has 0 amide bonds. The molecule has 15 heavy (non-hydrogen) atoms. The molecule has 0 saturated carbocycles. The second-order valence-corrected chi connectivity index (χ2v) is 5.30. The van der Waals surface area contributed by atoms with Crippen molar-refractivity contribution in [2.45, 2.75) is 39.2 Å². The lowest BCUT2D eigenvalue weighted by Crippen LogP contribution is -2.38. The minimum Gasteiger partial charge on any atom is -0.313 e. The third-order valence-corrected chi connectivity index (χ3v) is 3.51. The average Bonchev–Trinajstić information content (AvgIpc) is 2.71. The van der Waals surface area contributed by atoms with Gasteiger partial charge >= 0.3 is 0 Å². The zero-order valence-corrected chi connectivity index (χ0v) is 9.79. The molecule has 0 spiro atoms. The monoisotopic (exact) mass is 203 g/mol. The Morgan fingerprint density at radius 3 is 2.60 bits per heavy atom. The second-order valence-electron chi connectivity index (χ2n) is 5.30. The molecule has 1 aromatic carbocycles. The molecular weight excluding hydrogens is 182 g/mol. The third-order valence-electron chi connectivity index (χ3n) is 3.51. The molecule has 1 nitrogen and oxygen atoms in total.